The Morgan fingerprint density at radius 2 is 1.50 bits per heavy atom. The van der Waals surface area contributed by atoms with Gasteiger partial charge < -0.3 is 18.8 Å². The lowest BCUT2D eigenvalue weighted by molar-refractivity contribution is -0.384. The van der Waals surface area contributed by atoms with Gasteiger partial charge in [0.1, 0.15) is 11.4 Å². The standard InChI is InChI=1S/C34H33F6N5O5/c1-3-5-17-32(34(38,39)40,49-23-25-15-11-8-12-16-25)31-43-42-30(50-31)28-27(45(46)47)21-26(33(35,36)37)29(41-28)44(18-6-4-2)19-20-48-22-24-13-9-7-10-14-24/h3-4,7-16,21H,1-2,5-6,17-20,22-23H2. The molecule has 0 fully saturated rings. The zero-order chi connectivity index (χ0) is 36.4. The normalized spacial score (nSPS) is 13.1. The molecular formula is C34H33F6N5O5. The van der Waals surface area contributed by atoms with E-state index in [9.17, 15) is 36.5 Å². The smallest absolute Gasteiger partial charge is 0.415 e. The minimum Gasteiger partial charge on any atom is -0.415 e. The van der Waals surface area contributed by atoms with Crippen LogP contribution in [-0.2, 0) is 34.5 Å². The number of allylic oxidation sites excluding steroid dienone is 1. The summed E-state index contributed by atoms with van der Waals surface area (Å²) in [6, 6.07) is 17.2. The second-order valence-electron chi connectivity index (χ2n) is 10.9. The molecular weight excluding hydrogens is 672 g/mol. The summed E-state index contributed by atoms with van der Waals surface area (Å²) in [5.74, 6) is -2.79. The largest absolute Gasteiger partial charge is 0.426 e. The Labute approximate surface area is 283 Å². The highest BCUT2D eigenvalue weighted by molar-refractivity contribution is 5.68. The number of alkyl halides is 6. The molecule has 266 valence electrons. The lowest BCUT2D eigenvalue weighted by Crippen LogP contribution is -2.45. The first-order valence-electron chi connectivity index (χ1n) is 15.2. The molecule has 16 heteroatoms. The highest BCUT2D eigenvalue weighted by Crippen LogP contribution is 2.47. The van der Waals surface area contributed by atoms with E-state index >= 15 is 0 Å². The molecule has 2 heterocycles. The third-order valence-electron chi connectivity index (χ3n) is 7.46. The SMILES string of the molecule is C=CCCN(CCOCc1ccccc1)c1nc(-c2nnc(C(CCC=C)(OCc3ccccc3)C(F)(F)F)o2)c([N+](=O)[O-])cc1C(F)(F)F. The first kappa shape index (κ1) is 37.7. The van der Waals surface area contributed by atoms with Gasteiger partial charge in [-0.3, -0.25) is 10.1 Å². The van der Waals surface area contributed by atoms with Gasteiger partial charge in [-0.2, -0.15) is 26.3 Å². The summed E-state index contributed by atoms with van der Waals surface area (Å²) in [5.41, 5.74) is -5.54. The summed E-state index contributed by atoms with van der Waals surface area (Å²) in [6.45, 7) is 6.42. The minimum absolute atomic E-state index is 0.0628. The van der Waals surface area contributed by atoms with E-state index < -0.39 is 70.4 Å². The third kappa shape index (κ3) is 9.12. The van der Waals surface area contributed by atoms with Crippen molar-refractivity contribution in [3.05, 3.63) is 125 Å². The van der Waals surface area contributed by atoms with Crippen molar-refractivity contribution in [3.63, 3.8) is 0 Å². The Hall–Kier alpha value is -5.09. The van der Waals surface area contributed by atoms with E-state index in [1.807, 2.05) is 6.07 Å². The van der Waals surface area contributed by atoms with E-state index in [1.54, 1.807) is 42.5 Å². The van der Waals surface area contributed by atoms with Gasteiger partial charge in [-0.15, -0.1) is 23.4 Å². The molecule has 1 atom stereocenters. The van der Waals surface area contributed by atoms with Gasteiger partial charge in [-0.25, -0.2) is 4.98 Å². The van der Waals surface area contributed by atoms with Gasteiger partial charge in [0.15, 0.2) is 0 Å². The molecule has 0 aliphatic heterocycles. The number of halogens is 6. The fourth-order valence-corrected chi connectivity index (χ4v) is 4.90. The average molecular weight is 706 g/mol. The zero-order valence-electron chi connectivity index (χ0n) is 26.6. The van der Waals surface area contributed by atoms with Gasteiger partial charge in [0.25, 0.3) is 11.8 Å². The van der Waals surface area contributed by atoms with Crippen LogP contribution in [-0.4, -0.2) is 46.0 Å². The number of hydrogen-bond donors (Lipinski definition) is 0. The average Bonchev–Trinajstić information content (AvgIpc) is 3.58. The number of ether oxygens (including phenoxy) is 2. The fraction of sp³-hybridized carbons (Fsp3) is 0.324. The Bertz CT molecular complexity index is 1730. The Morgan fingerprint density at radius 3 is 2.06 bits per heavy atom. The van der Waals surface area contributed by atoms with Crippen molar-refractivity contribution in [3.8, 4) is 11.6 Å². The van der Waals surface area contributed by atoms with Crippen molar-refractivity contribution < 1.29 is 45.2 Å². The van der Waals surface area contributed by atoms with Gasteiger partial charge in [0, 0.05) is 19.2 Å². The van der Waals surface area contributed by atoms with E-state index in [0.29, 0.717) is 5.56 Å². The molecule has 1 unspecified atom stereocenters. The van der Waals surface area contributed by atoms with Gasteiger partial charge in [0.05, 0.1) is 24.7 Å². The van der Waals surface area contributed by atoms with Gasteiger partial charge in [0.2, 0.25) is 11.3 Å². The van der Waals surface area contributed by atoms with Crippen LogP contribution in [0.2, 0.25) is 0 Å². The number of pyridine rings is 1. The lowest BCUT2D eigenvalue weighted by atomic mass is 9.96. The molecule has 50 heavy (non-hydrogen) atoms. The van der Waals surface area contributed by atoms with E-state index in [4.69, 9.17) is 13.9 Å². The molecule has 0 spiro atoms. The summed E-state index contributed by atoms with van der Waals surface area (Å²) in [4.78, 5) is 16.1. The minimum atomic E-state index is -5.15. The van der Waals surface area contributed by atoms with Crippen LogP contribution in [0.25, 0.3) is 11.6 Å². The zero-order valence-corrected chi connectivity index (χ0v) is 26.6. The summed E-state index contributed by atoms with van der Waals surface area (Å²) in [5, 5.41) is 19.2. The van der Waals surface area contributed by atoms with Crippen LogP contribution in [0, 0.1) is 10.1 Å². The Morgan fingerprint density at radius 1 is 0.880 bits per heavy atom. The Balaban J connectivity index is 1.79. The number of rotatable bonds is 18. The lowest BCUT2D eigenvalue weighted by Gasteiger charge is -2.32. The number of nitrogens with zero attached hydrogens (tertiary/aromatic N) is 5. The van der Waals surface area contributed by atoms with Crippen molar-refractivity contribution in [2.75, 3.05) is 24.6 Å². The Kier molecular flexibility index (Phi) is 12.5. The maximum atomic E-state index is 14.9. The molecule has 4 rings (SSSR count). The van der Waals surface area contributed by atoms with Crippen molar-refractivity contribution in [1.82, 2.24) is 15.2 Å². The predicted molar refractivity (Wildman–Crippen MR) is 171 cm³/mol. The van der Waals surface area contributed by atoms with E-state index in [0.717, 1.165) is 5.56 Å². The van der Waals surface area contributed by atoms with Gasteiger partial charge >= 0.3 is 18.0 Å². The van der Waals surface area contributed by atoms with Gasteiger partial charge in [-0.05, 0) is 30.4 Å². The molecule has 4 aromatic rings. The molecule has 2 aromatic carbocycles. The highest BCUT2D eigenvalue weighted by atomic mass is 19.4. The van der Waals surface area contributed by atoms with Crippen LogP contribution in [0.3, 0.4) is 0 Å². The number of nitro groups is 1. The predicted octanol–water partition coefficient (Wildman–Crippen LogP) is 8.60. The number of hydrogen-bond acceptors (Lipinski definition) is 9. The molecule has 0 aliphatic carbocycles. The summed E-state index contributed by atoms with van der Waals surface area (Å²) in [6.07, 6.45) is -8.40. The van der Waals surface area contributed by atoms with Crippen molar-refractivity contribution in [1.29, 1.82) is 0 Å². The second kappa shape index (κ2) is 16.5. The third-order valence-corrected chi connectivity index (χ3v) is 7.46. The molecule has 0 saturated heterocycles. The van der Waals surface area contributed by atoms with Crippen LogP contribution in [0.1, 0.15) is 41.8 Å². The number of anilines is 1. The van der Waals surface area contributed by atoms with Crippen LogP contribution in [0.4, 0.5) is 37.8 Å². The first-order chi connectivity index (χ1) is 23.8. The topological polar surface area (TPSA) is 117 Å². The van der Waals surface area contributed by atoms with E-state index in [-0.39, 0.29) is 45.2 Å². The quantitative estimate of drug-likeness (QED) is 0.0330. The number of benzene rings is 2. The molecule has 0 amide bonds. The molecule has 2 aromatic heterocycles. The number of aromatic nitrogens is 3. The van der Waals surface area contributed by atoms with Crippen LogP contribution < -0.4 is 4.90 Å². The molecule has 0 aliphatic rings. The van der Waals surface area contributed by atoms with Crippen LogP contribution >= 0.6 is 0 Å². The van der Waals surface area contributed by atoms with E-state index in [1.165, 1.54) is 29.2 Å². The van der Waals surface area contributed by atoms with Crippen molar-refractivity contribution in [2.45, 2.75) is 50.4 Å². The molecule has 10 nitrogen and oxygen atoms in total. The first-order valence-corrected chi connectivity index (χ1v) is 15.2. The maximum absolute atomic E-state index is 14.9. The summed E-state index contributed by atoms with van der Waals surface area (Å²) >= 11 is 0. The molecule has 0 N–H and O–H groups in total. The summed E-state index contributed by atoms with van der Waals surface area (Å²) in [7, 11) is 0. The van der Waals surface area contributed by atoms with Crippen LogP contribution in [0.5, 0.6) is 0 Å². The van der Waals surface area contributed by atoms with Crippen molar-refractivity contribution in [2.24, 2.45) is 0 Å². The monoisotopic (exact) mass is 705 g/mol. The maximum Gasteiger partial charge on any atom is 0.426 e. The van der Waals surface area contributed by atoms with Crippen LogP contribution in [0.15, 0.2) is 96.5 Å². The molecule has 0 bridgehead atoms. The van der Waals surface area contributed by atoms with Gasteiger partial charge in [-0.1, -0.05) is 72.8 Å². The van der Waals surface area contributed by atoms with Crippen molar-refractivity contribution >= 4 is 11.5 Å². The fourth-order valence-electron chi connectivity index (χ4n) is 4.90. The summed E-state index contributed by atoms with van der Waals surface area (Å²) < 4.78 is 104. The molecule has 0 saturated carbocycles. The molecule has 0 radical (unpaired) electrons. The highest BCUT2D eigenvalue weighted by Gasteiger charge is 2.61. The van der Waals surface area contributed by atoms with E-state index in [2.05, 4.69) is 28.3 Å². The second-order valence-corrected chi connectivity index (χ2v) is 10.9.